The molecule has 18 rings (SSSR count). The second-order valence-corrected chi connectivity index (χ2v) is 23.3. The SMILES string of the molecule is c1ccc(-c2cc(-c3ccccc3)cc(-c3cc(-n4c5ccccc5c5cc(-c6ccc7c(c6)c6ccccc6n7-c6ccccc6)ccc54)cc(-n4c5ccccc5c5cc(-c6ccc7c(c6)c6ccccc6n7-c6ccccc6)ccc54)c3)c2)cc1. The minimum absolute atomic E-state index is 1.08. The standard InChI is InChI=1S/C84H54N4/c1-5-21-55(22-6-1)61-45-62(56-23-7-2-8-24-56)47-63(46-61)64-48-67(87-79-35-19-15-31-71(79)75-52-59(39-43-83(75)87)57-37-41-81-73(50-57)69-29-13-17-33-77(69)85(81)65-25-9-3-10-26-65)54-68(49-64)88-80-36-20-16-32-72(80)76-53-60(40-44-84(76)88)58-38-42-82-74(51-58)70-30-14-18-34-78(70)86(82)66-27-11-4-12-28-66/h1-54H. The first kappa shape index (κ1) is 49.7. The summed E-state index contributed by atoms with van der Waals surface area (Å²) in [5, 5.41) is 9.78. The summed E-state index contributed by atoms with van der Waals surface area (Å²) in [6.07, 6.45) is 0. The number of fused-ring (bicyclic) bond motifs is 12. The van der Waals surface area contributed by atoms with Crippen LogP contribution in [0.1, 0.15) is 0 Å². The van der Waals surface area contributed by atoms with Gasteiger partial charge >= 0.3 is 0 Å². The largest absolute Gasteiger partial charge is 0.309 e. The lowest BCUT2D eigenvalue weighted by Crippen LogP contribution is -2.00. The van der Waals surface area contributed by atoms with Crippen LogP contribution in [0.4, 0.5) is 0 Å². The normalized spacial score (nSPS) is 11.9. The van der Waals surface area contributed by atoms with Gasteiger partial charge in [-0.15, -0.1) is 0 Å². The minimum atomic E-state index is 1.08. The van der Waals surface area contributed by atoms with Gasteiger partial charge in [-0.25, -0.2) is 0 Å². The fourth-order valence-electron chi connectivity index (χ4n) is 14.3. The summed E-state index contributed by atoms with van der Waals surface area (Å²) in [4.78, 5) is 0. The highest BCUT2D eigenvalue weighted by Gasteiger charge is 2.22. The van der Waals surface area contributed by atoms with E-state index in [1.165, 1.54) is 110 Å². The van der Waals surface area contributed by atoms with Gasteiger partial charge in [-0.2, -0.15) is 0 Å². The van der Waals surface area contributed by atoms with Crippen molar-refractivity contribution in [2.45, 2.75) is 0 Å². The van der Waals surface area contributed by atoms with Crippen molar-refractivity contribution in [2.24, 2.45) is 0 Å². The van der Waals surface area contributed by atoms with Crippen molar-refractivity contribution in [3.05, 3.63) is 328 Å². The highest BCUT2D eigenvalue weighted by Crippen LogP contribution is 2.44. The first-order valence-electron chi connectivity index (χ1n) is 30.3. The quantitative estimate of drug-likeness (QED) is 0.137. The van der Waals surface area contributed by atoms with Gasteiger partial charge in [-0.3, -0.25) is 0 Å². The molecule has 0 saturated heterocycles. The van der Waals surface area contributed by atoms with Crippen LogP contribution in [0.25, 0.3) is 166 Å². The predicted octanol–water partition coefficient (Wildman–Crippen LogP) is 22.4. The summed E-state index contributed by atoms with van der Waals surface area (Å²) >= 11 is 0. The molecule has 0 amide bonds. The van der Waals surface area contributed by atoms with Gasteiger partial charge in [-0.05, 0) is 189 Å². The lowest BCUT2D eigenvalue weighted by atomic mass is 9.93. The average molecular weight is 1120 g/mol. The molecular formula is C84H54N4. The molecule has 0 aliphatic heterocycles. The van der Waals surface area contributed by atoms with Crippen molar-refractivity contribution in [3.8, 4) is 78.4 Å². The molecule has 4 heteroatoms. The molecule has 0 aliphatic rings. The van der Waals surface area contributed by atoms with Gasteiger partial charge < -0.3 is 18.3 Å². The van der Waals surface area contributed by atoms with E-state index in [9.17, 15) is 0 Å². The molecule has 0 fully saturated rings. The first-order valence-corrected chi connectivity index (χ1v) is 30.3. The van der Waals surface area contributed by atoms with Crippen LogP contribution in [0.2, 0.25) is 0 Å². The van der Waals surface area contributed by atoms with Gasteiger partial charge in [0.05, 0.1) is 44.1 Å². The van der Waals surface area contributed by atoms with Gasteiger partial charge in [0.1, 0.15) is 0 Å². The Balaban J connectivity index is 0.842. The Hall–Kier alpha value is -11.7. The zero-order valence-corrected chi connectivity index (χ0v) is 48.0. The van der Waals surface area contributed by atoms with Crippen LogP contribution >= 0.6 is 0 Å². The number of nitrogens with zero attached hydrogens (tertiary/aromatic N) is 4. The molecule has 0 radical (unpaired) electrons. The molecular weight excluding hydrogens is 1060 g/mol. The maximum atomic E-state index is 2.49. The Morgan fingerprint density at radius 2 is 0.364 bits per heavy atom. The molecule has 4 heterocycles. The van der Waals surface area contributed by atoms with Crippen LogP contribution in [0.15, 0.2) is 328 Å². The molecule has 0 N–H and O–H groups in total. The topological polar surface area (TPSA) is 19.7 Å². The van der Waals surface area contributed by atoms with Crippen LogP contribution < -0.4 is 0 Å². The lowest BCUT2D eigenvalue weighted by molar-refractivity contribution is 1.13. The molecule has 14 aromatic carbocycles. The van der Waals surface area contributed by atoms with Gasteiger partial charge in [0.15, 0.2) is 0 Å². The second kappa shape index (κ2) is 20.0. The number of benzene rings is 14. The van der Waals surface area contributed by atoms with Crippen LogP contribution in [-0.2, 0) is 0 Å². The summed E-state index contributed by atoms with van der Waals surface area (Å²) in [5.41, 5.74) is 25.6. The predicted molar refractivity (Wildman–Crippen MR) is 371 cm³/mol. The van der Waals surface area contributed by atoms with Crippen LogP contribution in [0, 0.1) is 0 Å². The molecule has 0 spiro atoms. The van der Waals surface area contributed by atoms with E-state index in [0.717, 1.165) is 55.9 Å². The molecule has 0 bridgehead atoms. The maximum absolute atomic E-state index is 2.49. The monoisotopic (exact) mass is 1120 g/mol. The zero-order chi connectivity index (χ0) is 57.8. The molecule has 4 aromatic heterocycles. The highest BCUT2D eigenvalue weighted by molar-refractivity contribution is 6.15. The van der Waals surface area contributed by atoms with E-state index in [1.54, 1.807) is 0 Å². The van der Waals surface area contributed by atoms with E-state index < -0.39 is 0 Å². The molecule has 0 saturated carbocycles. The minimum Gasteiger partial charge on any atom is -0.309 e. The Bertz CT molecular complexity index is 5430. The number of rotatable bonds is 9. The van der Waals surface area contributed by atoms with Crippen molar-refractivity contribution in [1.82, 2.24) is 18.3 Å². The highest BCUT2D eigenvalue weighted by atomic mass is 15.0. The Morgan fingerprint density at radius 3 is 0.682 bits per heavy atom. The Labute approximate surface area is 508 Å². The number of para-hydroxylation sites is 6. The molecule has 0 atom stereocenters. The third kappa shape index (κ3) is 7.93. The van der Waals surface area contributed by atoms with E-state index >= 15 is 0 Å². The molecule has 88 heavy (non-hydrogen) atoms. The molecule has 18 aromatic rings. The van der Waals surface area contributed by atoms with Crippen LogP contribution in [0.5, 0.6) is 0 Å². The van der Waals surface area contributed by atoms with Crippen molar-refractivity contribution in [1.29, 1.82) is 0 Å². The van der Waals surface area contributed by atoms with Gasteiger partial charge in [0, 0.05) is 65.8 Å². The molecule has 410 valence electrons. The van der Waals surface area contributed by atoms with Crippen LogP contribution in [-0.4, -0.2) is 18.3 Å². The molecule has 0 aliphatic carbocycles. The summed E-state index contributed by atoms with van der Waals surface area (Å²) in [6.45, 7) is 0. The second-order valence-electron chi connectivity index (χ2n) is 23.3. The van der Waals surface area contributed by atoms with E-state index in [4.69, 9.17) is 0 Å². The lowest BCUT2D eigenvalue weighted by Gasteiger charge is -2.17. The van der Waals surface area contributed by atoms with E-state index in [0.29, 0.717) is 0 Å². The fourth-order valence-corrected chi connectivity index (χ4v) is 14.3. The van der Waals surface area contributed by atoms with Crippen molar-refractivity contribution in [3.63, 3.8) is 0 Å². The first-order chi connectivity index (χ1) is 43.6. The fraction of sp³-hybridized carbons (Fsp3) is 0. The summed E-state index contributed by atoms with van der Waals surface area (Å²) < 4.78 is 9.76. The van der Waals surface area contributed by atoms with Gasteiger partial charge in [0.25, 0.3) is 0 Å². The van der Waals surface area contributed by atoms with E-state index in [2.05, 4.69) is 346 Å². The average Bonchev–Trinajstić information content (AvgIpc) is 1.88. The number of hydrogen-bond acceptors (Lipinski definition) is 0. The van der Waals surface area contributed by atoms with Gasteiger partial charge in [0.2, 0.25) is 0 Å². The Morgan fingerprint density at radius 1 is 0.125 bits per heavy atom. The Kier molecular flexibility index (Phi) is 11.3. The summed E-state index contributed by atoms with van der Waals surface area (Å²) in [7, 11) is 0. The summed E-state index contributed by atoms with van der Waals surface area (Å²) in [5.74, 6) is 0. The van der Waals surface area contributed by atoms with Crippen molar-refractivity contribution >= 4 is 87.2 Å². The van der Waals surface area contributed by atoms with Crippen molar-refractivity contribution in [2.75, 3.05) is 0 Å². The smallest absolute Gasteiger partial charge is 0.0541 e. The number of aromatic nitrogens is 4. The molecule has 4 nitrogen and oxygen atoms in total. The number of hydrogen-bond donors (Lipinski definition) is 0. The maximum Gasteiger partial charge on any atom is 0.0541 e. The van der Waals surface area contributed by atoms with Crippen molar-refractivity contribution < 1.29 is 0 Å². The third-order valence-corrected chi connectivity index (χ3v) is 18.3. The molecule has 0 unspecified atom stereocenters. The van der Waals surface area contributed by atoms with E-state index in [1.807, 2.05) is 0 Å². The third-order valence-electron chi connectivity index (χ3n) is 18.3. The van der Waals surface area contributed by atoms with Gasteiger partial charge in [-0.1, -0.05) is 194 Å². The zero-order valence-electron chi connectivity index (χ0n) is 48.0. The summed E-state index contributed by atoms with van der Waals surface area (Å²) in [6, 6.07) is 121. The van der Waals surface area contributed by atoms with Crippen LogP contribution in [0.3, 0.4) is 0 Å². The van der Waals surface area contributed by atoms with E-state index in [-0.39, 0.29) is 0 Å².